The molecule has 7 heteroatoms. The van der Waals surface area contributed by atoms with E-state index in [9.17, 15) is 14.0 Å². The Hall–Kier alpha value is -2.70. The summed E-state index contributed by atoms with van der Waals surface area (Å²) in [6.07, 6.45) is 2.85. The zero-order chi connectivity index (χ0) is 18.5. The molecule has 0 fully saturated rings. The van der Waals surface area contributed by atoms with Crippen molar-refractivity contribution in [3.8, 4) is 0 Å². The Morgan fingerprint density at radius 3 is 3.04 bits per heavy atom. The standard InChI is InChI=1S/C19H23FN4O2/c1-2-3-8-21-19(26)24-9-7-16-15(12-24)18(25)23-17(22-16)11-13-5-4-6-14(20)10-13/h4-6,10H,2-3,7-9,11-12H2,1H3,(H,21,26)(H,22,23,25). The van der Waals surface area contributed by atoms with E-state index >= 15 is 0 Å². The number of amides is 2. The molecule has 0 spiro atoms. The Kier molecular flexibility index (Phi) is 5.65. The normalized spacial score (nSPS) is 13.4. The number of benzene rings is 1. The number of carbonyl (C=O) groups excluding carboxylic acids is 1. The highest BCUT2D eigenvalue weighted by molar-refractivity contribution is 5.74. The summed E-state index contributed by atoms with van der Waals surface area (Å²) in [5.41, 5.74) is 1.77. The van der Waals surface area contributed by atoms with Gasteiger partial charge in [-0.25, -0.2) is 14.2 Å². The quantitative estimate of drug-likeness (QED) is 0.806. The SMILES string of the molecule is CCCCNC(=O)N1CCc2nc(Cc3cccc(F)c3)[nH]c(=O)c2C1. The third kappa shape index (κ3) is 4.28. The van der Waals surface area contributed by atoms with Crippen LogP contribution in [0.4, 0.5) is 9.18 Å². The molecule has 0 saturated heterocycles. The fourth-order valence-electron chi connectivity index (χ4n) is 3.06. The fraction of sp³-hybridized carbons (Fsp3) is 0.421. The largest absolute Gasteiger partial charge is 0.338 e. The highest BCUT2D eigenvalue weighted by atomic mass is 19.1. The summed E-state index contributed by atoms with van der Waals surface area (Å²) in [6.45, 7) is 3.49. The van der Waals surface area contributed by atoms with Crippen LogP contribution in [0.15, 0.2) is 29.1 Å². The summed E-state index contributed by atoms with van der Waals surface area (Å²) in [5, 5.41) is 2.87. The van der Waals surface area contributed by atoms with Crippen LogP contribution < -0.4 is 10.9 Å². The number of halogens is 1. The number of unbranched alkanes of at least 4 members (excludes halogenated alkanes) is 1. The molecule has 0 saturated carbocycles. The van der Waals surface area contributed by atoms with Crippen LogP contribution in [-0.4, -0.2) is 34.0 Å². The Morgan fingerprint density at radius 1 is 1.42 bits per heavy atom. The lowest BCUT2D eigenvalue weighted by Gasteiger charge is -2.28. The van der Waals surface area contributed by atoms with E-state index in [1.165, 1.54) is 12.1 Å². The molecule has 26 heavy (non-hydrogen) atoms. The summed E-state index contributed by atoms with van der Waals surface area (Å²) < 4.78 is 13.3. The van der Waals surface area contributed by atoms with Crippen molar-refractivity contribution in [1.29, 1.82) is 0 Å². The number of aromatic nitrogens is 2. The summed E-state index contributed by atoms with van der Waals surface area (Å²) in [5.74, 6) is 0.202. The summed E-state index contributed by atoms with van der Waals surface area (Å²) in [4.78, 5) is 33.6. The van der Waals surface area contributed by atoms with Gasteiger partial charge in [-0.1, -0.05) is 25.5 Å². The Morgan fingerprint density at radius 2 is 2.27 bits per heavy atom. The minimum Gasteiger partial charge on any atom is -0.338 e. The second-order valence-electron chi connectivity index (χ2n) is 6.50. The molecule has 3 rings (SSSR count). The number of carbonyl (C=O) groups is 1. The number of H-pyrrole nitrogens is 1. The summed E-state index contributed by atoms with van der Waals surface area (Å²) in [6, 6.07) is 6.10. The van der Waals surface area contributed by atoms with Crippen molar-refractivity contribution in [1.82, 2.24) is 20.2 Å². The average molecular weight is 358 g/mol. The molecule has 138 valence electrons. The molecular formula is C19H23FN4O2. The molecule has 1 aliphatic rings. The second-order valence-corrected chi connectivity index (χ2v) is 6.50. The average Bonchev–Trinajstić information content (AvgIpc) is 2.61. The van der Waals surface area contributed by atoms with Crippen molar-refractivity contribution in [2.75, 3.05) is 13.1 Å². The molecule has 1 aliphatic heterocycles. The first-order valence-corrected chi connectivity index (χ1v) is 8.95. The minimum atomic E-state index is -0.312. The third-order valence-corrected chi connectivity index (χ3v) is 4.47. The van der Waals surface area contributed by atoms with E-state index in [-0.39, 0.29) is 24.0 Å². The first-order valence-electron chi connectivity index (χ1n) is 8.95. The van der Waals surface area contributed by atoms with Crippen LogP contribution >= 0.6 is 0 Å². The van der Waals surface area contributed by atoms with Crippen molar-refractivity contribution >= 4 is 6.03 Å². The molecule has 2 N–H and O–H groups in total. The maximum atomic E-state index is 13.3. The van der Waals surface area contributed by atoms with Gasteiger partial charge in [-0.3, -0.25) is 4.79 Å². The van der Waals surface area contributed by atoms with Crippen LogP contribution in [0.5, 0.6) is 0 Å². The molecule has 1 aromatic carbocycles. The van der Waals surface area contributed by atoms with E-state index in [1.54, 1.807) is 17.0 Å². The molecule has 2 heterocycles. The van der Waals surface area contributed by atoms with Crippen LogP contribution in [0, 0.1) is 5.82 Å². The first kappa shape index (κ1) is 18.1. The van der Waals surface area contributed by atoms with Gasteiger partial charge in [0.15, 0.2) is 0 Å². The van der Waals surface area contributed by atoms with E-state index in [1.807, 2.05) is 0 Å². The number of hydrogen-bond acceptors (Lipinski definition) is 3. The first-order chi connectivity index (χ1) is 12.6. The number of rotatable bonds is 5. The number of urea groups is 1. The van der Waals surface area contributed by atoms with Crippen LogP contribution in [0.25, 0.3) is 0 Å². The van der Waals surface area contributed by atoms with Gasteiger partial charge < -0.3 is 15.2 Å². The molecule has 1 aromatic heterocycles. The van der Waals surface area contributed by atoms with E-state index in [2.05, 4.69) is 22.2 Å². The van der Waals surface area contributed by atoms with Gasteiger partial charge in [0.1, 0.15) is 11.6 Å². The molecule has 0 radical (unpaired) electrons. The zero-order valence-corrected chi connectivity index (χ0v) is 14.8. The highest BCUT2D eigenvalue weighted by Gasteiger charge is 2.24. The predicted molar refractivity (Wildman–Crippen MR) is 96.5 cm³/mol. The monoisotopic (exact) mass is 358 g/mol. The van der Waals surface area contributed by atoms with Crippen molar-refractivity contribution in [3.63, 3.8) is 0 Å². The molecule has 0 aliphatic carbocycles. The zero-order valence-electron chi connectivity index (χ0n) is 14.8. The van der Waals surface area contributed by atoms with Crippen molar-refractivity contribution < 1.29 is 9.18 Å². The number of hydrogen-bond donors (Lipinski definition) is 2. The third-order valence-electron chi connectivity index (χ3n) is 4.47. The maximum Gasteiger partial charge on any atom is 0.317 e. The van der Waals surface area contributed by atoms with Crippen molar-refractivity contribution in [2.45, 2.75) is 39.2 Å². The lowest BCUT2D eigenvalue weighted by Crippen LogP contribution is -2.45. The van der Waals surface area contributed by atoms with E-state index in [0.29, 0.717) is 37.3 Å². The van der Waals surface area contributed by atoms with Gasteiger partial charge in [0.2, 0.25) is 0 Å². The van der Waals surface area contributed by atoms with E-state index in [0.717, 1.165) is 24.1 Å². The molecule has 6 nitrogen and oxygen atoms in total. The lowest BCUT2D eigenvalue weighted by atomic mass is 10.1. The van der Waals surface area contributed by atoms with Gasteiger partial charge in [0, 0.05) is 25.9 Å². The Labute approximate surface area is 151 Å². The Bertz CT molecular complexity index is 850. The molecule has 0 bridgehead atoms. The fourth-order valence-corrected chi connectivity index (χ4v) is 3.06. The van der Waals surface area contributed by atoms with Crippen molar-refractivity contribution in [3.05, 3.63) is 63.1 Å². The number of fused-ring (bicyclic) bond motifs is 1. The van der Waals surface area contributed by atoms with Gasteiger partial charge in [0.25, 0.3) is 5.56 Å². The van der Waals surface area contributed by atoms with Crippen LogP contribution in [0.2, 0.25) is 0 Å². The molecule has 0 unspecified atom stereocenters. The molecular weight excluding hydrogens is 335 g/mol. The van der Waals surface area contributed by atoms with Gasteiger partial charge in [-0.2, -0.15) is 0 Å². The number of aromatic amines is 1. The molecule has 2 aromatic rings. The van der Waals surface area contributed by atoms with Crippen LogP contribution in [0.1, 0.15) is 42.4 Å². The van der Waals surface area contributed by atoms with Crippen LogP contribution in [-0.2, 0) is 19.4 Å². The van der Waals surface area contributed by atoms with Gasteiger partial charge in [0.05, 0.1) is 17.8 Å². The molecule has 0 atom stereocenters. The summed E-state index contributed by atoms with van der Waals surface area (Å²) in [7, 11) is 0. The predicted octanol–water partition coefficient (Wildman–Crippen LogP) is 2.37. The molecule has 2 amide bonds. The lowest BCUT2D eigenvalue weighted by molar-refractivity contribution is 0.191. The van der Waals surface area contributed by atoms with E-state index in [4.69, 9.17) is 0 Å². The van der Waals surface area contributed by atoms with Crippen molar-refractivity contribution in [2.24, 2.45) is 0 Å². The number of nitrogens with one attached hydrogen (secondary N) is 2. The Balaban J connectivity index is 1.72. The smallest absolute Gasteiger partial charge is 0.317 e. The van der Waals surface area contributed by atoms with E-state index < -0.39 is 0 Å². The minimum absolute atomic E-state index is 0.146. The van der Waals surface area contributed by atoms with Gasteiger partial charge >= 0.3 is 6.03 Å². The highest BCUT2D eigenvalue weighted by Crippen LogP contribution is 2.15. The van der Waals surface area contributed by atoms with Gasteiger partial charge in [-0.15, -0.1) is 0 Å². The van der Waals surface area contributed by atoms with Crippen LogP contribution in [0.3, 0.4) is 0 Å². The maximum absolute atomic E-state index is 13.3. The topological polar surface area (TPSA) is 78.1 Å². The second kappa shape index (κ2) is 8.12. The summed E-state index contributed by atoms with van der Waals surface area (Å²) >= 11 is 0. The van der Waals surface area contributed by atoms with Gasteiger partial charge in [-0.05, 0) is 24.1 Å². The number of nitrogens with zero attached hydrogens (tertiary/aromatic N) is 2.